The molecule has 0 bridgehead atoms. The van der Waals surface area contributed by atoms with Gasteiger partial charge in [0.05, 0.1) is 25.7 Å². The molecule has 2 N–H and O–H groups in total. The second-order valence-electron chi connectivity index (χ2n) is 2.83. The fourth-order valence-corrected chi connectivity index (χ4v) is 0.832. The standard InChI is InChI=1S/C10H16N2O3/c1-4-6-11-10(14)8(3)12-7-9(13)15-5-2/h1,8,12H,5-7H2,2-3H3,(H,11,14). The van der Waals surface area contributed by atoms with E-state index in [1.807, 2.05) is 0 Å². The lowest BCUT2D eigenvalue weighted by atomic mass is 10.3. The van der Waals surface area contributed by atoms with Crippen molar-refractivity contribution in [2.24, 2.45) is 0 Å². The minimum atomic E-state index is -0.470. The quantitative estimate of drug-likeness (QED) is 0.450. The van der Waals surface area contributed by atoms with E-state index in [1.165, 1.54) is 0 Å². The summed E-state index contributed by atoms with van der Waals surface area (Å²) in [4.78, 5) is 22.2. The highest BCUT2D eigenvalue weighted by Gasteiger charge is 2.12. The summed E-state index contributed by atoms with van der Waals surface area (Å²) >= 11 is 0. The highest BCUT2D eigenvalue weighted by molar-refractivity contribution is 5.82. The highest BCUT2D eigenvalue weighted by atomic mass is 16.5. The topological polar surface area (TPSA) is 67.4 Å². The minimum Gasteiger partial charge on any atom is -0.465 e. The number of nitrogens with one attached hydrogen (secondary N) is 2. The number of hydrogen-bond donors (Lipinski definition) is 2. The molecule has 1 amide bonds. The van der Waals surface area contributed by atoms with Crippen LogP contribution in [0.1, 0.15) is 13.8 Å². The van der Waals surface area contributed by atoms with E-state index in [2.05, 4.69) is 21.3 Å². The zero-order valence-corrected chi connectivity index (χ0v) is 9.00. The van der Waals surface area contributed by atoms with Crippen LogP contribution in [0.5, 0.6) is 0 Å². The van der Waals surface area contributed by atoms with E-state index in [4.69, 9.17) is 6.42 Å². The molecule has 0 spiro atoms. The lowest BCUT2D eigenvalue weighted by molar-refractivity contribution is -0.142. The zero-order chi connectivity index (χ0) is 11.7. The van der Waals surface area contributed by atoms with Gasteiger partial charge in [-0.3, -0.25) is 14.9 Å². The fraction of sp³-hybridized carbons (Fsp3) is 0.600. The highest BCUT2D eigenvalue weighted by Crippen LogP contribution is 1.83. The average molecular weight is 212 g/mol. The molecular formula is C10H16N2O3. The molecular weight excluding hydrogens is 196 g/mol. The summed E-state index contributed by atoms with van der Waals surface area (Å²) in [7, 11) is 0. The van der Waals surface area contributed by atoms with E-state index in [0.29, 0.717) is 6.61 Å². The molecule has 0 fully saturated rings. The summed E-state index contributed by atoms with van der Waals surface area (Å²) < 4.78 is 4.69. The Morgan fingerprint density at radius 2 is 2.20 bits per heavy atom. The van der Waals surface area contributed by atoms with Crippen LogP contribution in [0.4, 0.5) is 0 Å². The number of terminal acetylenes is 1. The first kappa shape index (κ1) is 13.5. The van der Waals surface area contributed by atoms with E-state index < -0.39 is 6.04 Å². The van der Waals surface area contributed by atoms with E-state index in [-0.39, 0.29) is 25.0 Å². The lowest BCUT2D eigenvalue weighted by Gasteiger charge is -2.12. The van der Waals surface area contributed by atoms with Gasteiger partial charge in [-0.05, 0) is 13.8 Å². The van der Waals surface area contributed by atoms with Crippen LogP contribution in [0, 0.1) is 12.3 Å². The molecule has 0 aromatic carbocycles. The van der Waals surface area contributed by atoms with Crippen LogP contribution in [-0.4, -0.2) is 37.6 Å². The molecule has 1 unspecified atom stereocenters. The molecule has 0 radical (unpaired) electrons. The maximum absolute atomic E-state index is 11.3. The zero-order valence-electron chi connectivity index (χ0n) is 9.00. The van der Waals surface area contributed by atoms with Crippen LogP contribution in [0.25, 0.3) is 0 Å². The van der Waals surface area contributed by atoms with Crippen molar-refractivity contribution in [3.05, 3.63) is 0 Å². The van der Waals surface area contributed by atoms with Gasteiger partial charge in [0.2, 0.25) is 5.91 Å². The molecule has 0 rings (SSSR count). The molecule has 84 valence electrons. The molecule has 0 aliphatic carbocycles. The SMILES string of the molecule is C#CCNC(=O)C(C)NCC(=O)OCC. The Balaban J connectivity index is 3.73. The van der Waals surface area contributed by atoms with Crippen LogP contribution < -0.4 is 10.6 Å². The van der Waals surface area contributed by atoms with Crippen molar-refractivity contribution in [1.29, 1.82) is 0 Å². The van der Waals surface area contributed by atoms with Crippen LogP contribution in [0.3, 0.4) is 0 Å². The number of rotatable bonds is 6. The lowest BCUT2D eigenvalue weighted by Crippen LogP contribution is -2.44. The number of amides is 1. The van der Waals surface area contributed by atoms with Crippen LogP contribution in [0.15, 0.2) is 0 Å². The van der Waals surface area contributed by atoms with Gasteiger partial charge in [-0.1, -0.05) is 5.92 Å². The molecule has 0 heterocycles. The largest absolute Gasteiger partial charge is 0.465 e. The van der Waals surface area contributed by atoms with Crippen LogP contribution in [-0.2, 0) is 14.3 Å². The predicted octanol–water partition coefficient (Wildman–Crippen LogP) is -0.723. The molecule has 0 aromatic heterocycles. The van der Waals surface area contributed by atoms with Crippen LogP contribution in [0.2, 0.25) is 0 Å². The summed E-state index contributed by atoms with van der Waals surface area (Å²) in [6, 6.07) is -0.470. The summed E-state index contributed by atoms with van der Waals surface area (Å²) in [6.07, 6.45) is 4.98. The fourth-order valence-electron chi connectivity index (χ4n) is 0.832. The number of carbonyl (C=O) groups excluding carboxylic acids is 2. The normalized spacial score (nSPS) is 11.3. The van der Waals surface area contributed by atoms with Gasteiger partial charge in [-0.25, -0.2) is 0 Å². The number of esters is 1. The molecule has 0 aliphatic heterocycles. The Bertz CT molecular complexity index is 258. The van der Waals surface area contributed by atoms with E-state index in [9.17, 15) is 9.59 Å². The third-order valence-electron chi connectivity index (χ3n) is 1.62. The smallest absolute Gasteiger partial charge is 0.319 e. The molecule has 0 aromatic rings. The Labute approximate surface area is 89.6 Å². The molecule has 5 heteroatoms. The van der Waals surface area contributed by atoms with Crippen molar-refractivity contribution < 1.29 is 14.3 Å². The van der Waals surface area contributed by atoms with Gasteiger partial charge in [0.15, 0.2) is 0 Å². The molecule has 15 heavy (non-hydrogen) atoms. The summed E-state index contributed by atoms with van der Waals surface area (Å²) in [6.45, 7) is 3.90. The molecule has 5 nitrogen and oxygen atoms in total. The predicted molar refractivity (Wildman–Crippen MR) is 55.9 cm³/mol. The summed E-state index contributed by atoms with van der Waals surface area (Å²) in [5.41, 5.74) is 0. The molecule has 1 atom stereocenters. The first-order chi connectivity index (χ1) is 7.11. The van der Waals surface area contributed by atoms with Crippen molar-refractivity contribution in [2.45, 2.75) is 19.9 Å². The Morgan fingerprint density at radius 1 is 1.53 bits per heavy atom. The molecule has 0 aliphatic rings. The first-order valence-electron chi connectivity index (χ1n) is 4.72. The van der Waals surface area contributed by atoms with Gasteiger partial charge in [0, 0.05) is 0 Å². The van der Waals surface area contributed by atoms with E-state index in [1.54, 1.807) is 13.8 Å². The molecule has 0 saturated heterocycles. The van der Waals surface area contributed by atoms with Gasteiger partial charge in [0.25, 0.3) is 0 Å². The van der Waals surface area contributed by atoms with Gasteiger partial charge in [0.1, 0.15) is 0 Å². The number of hydrogen-bond acceptors (Lipinski definition) is 4. The third-order valence-corrected chi connectivity index (χ3v) is 1.62. The van der Waals surface area contributed by atoms with E-state index >= 15 is 0 Å². The van der Waals surface area contributed by atoms with Crippen molar-refractivity contribution in [1.82, 2.24) is 10.6 Å². The van der Waals surface area contributed by atoms with Gasteiger partial charge in [-0.2, -0.15) is 0 Å². The first-order valence-corrected chi connectivity index (χ1v) is 4.72. The van der Waals surface area contributed by atoms with Gasteiger partial charge >= 0.3 is 5.97 Å². The van der Waals surface area contributed by atoms with Crippen molar-refractivity contribution in [2.75, 3.05) is 19.7 Å². The second kappa shape index (κ2) is 7.83. The maximum Gasteiger partial charge on any atom is 0.319 e. The average Bonchev–Trinajstić information content (AvgIpc) is 2.22. The van der Waals surface area contributed by atoms with Crippen LogP contribution >= 0.6 is 0 Å². The third kappa shape index (κ3) is 6.52. The Hall–Kier alpha value is -1.54. The van der Waals surface area contributed by atoms with Gasteiger partial charge < -0.3 is 10.1 Å². The van der Waals surface area contributed by atoms with Crippen molar-refractivity contribution in [3.63, 3.8) is 0 Å². The van der Waals surface area contributed by atoms with Gasteiger partial charge in [-0.15, -0.1) is 6.42 Å². The number of ether oxygens (including phenoxy) is 1. The summed E-state index contributed by atoms with van der Waals surface area (Å²) in [5.74, 6) is 1.67. The van der Waals surface area contributed by atoms with Crippen molar-refractivity contribution in [3.8, 4) is 12.3 Å². The molecule has 0 saturated carbocycles. The maximum atomic E-state index is 11.3. The van der Waals surface area contributed by atoms with E-state index in [0.717, 1.165) is 0 Å². The second-order valence-corrected chi connectivity index (χ2v) is 2.83. The Morgan fingerprint density at radius 3 is 2.73 bits per heavy atom. The summed E-state index contributed by atoms with van der Waals surface area (Å²) in [5, 5.41) is 5.22. The van der Waals surface area contributed by atoms with Crippen molar-refractivity contribution >= 4 is 11.9 Å². The number of carbonyl (C=O) groups is 2. The minimum absolute atomic E-state index is 0.0124. The monoisotopic (exact) mass is 212 g/mol. The Kier molecular flexibility index (Phi) is 7.02.